The summed E-state index contributed by atoms with van der Waals surface area (Å²) in [5, 5.41) is 0. The van der Waals surface area contributed by atoms with E-state index in [4.69, 9.17) is 9.47 Å². The molecule has 146 valence electrons. The predicted octanol–water partition coefficient (Wildman–Crippen LogP) is 3.21. The molecule has 0 bridgehead atoms. The maximum absolute atomic E-state index is 12.9. The van der Waals surface area contributed by atoms with Crippen molar-refractivity contribution >= 4 is 10.0 Å². The van der Waals surface area contributed by atoms with Crippen LogP contribution in [-0.4, -0.2) is 34.2 Å². The molecule has 0 fully saturated rings. The molecule has 7 heteroatoms. The highest BCUT2D eigenvalue weighted by Gasteiger charge is 2.23. The largest absolute Gasteiger partial charge is 0.497 e. The Morgan fingerprint density at radius 2 is 1.71 bits per heavy atom. The molecule has 1 aromatic heterocycles. The van der Waals surface area contributed by atoms with Gasteiger partial charge in [-0.1, -0.05) is 36.4 Å². The van der Waals surface area contributed by atoms with Gasteiger partial charge in [-0.05, 0) is 29.8 Å². The highest BCUT2D eigenvalue weighted by Crippen LogP contribution is 2.29. The topological polar surface area (TPSA) is 77.5 Å². The van der Waals surface area contributed by atoms with Gasteiger partial charge in [-0.3, -0.25) is 4.98 Å². The van der Waals surface area contributed by atoms with Crippen molar-refractivity contribution in [3.05, 3.63) is 84.2 Å². The summed E-state index contributed by atoms with van der Waals surface area (Å²) in [5.74, 6) is 0.522. The number of ether oxygens (including phenoxy) is 2. The van der Waals surface area contributed by atoms with Gasteiger partial charge in [-0.2, -0.15) is 0 Å². The van der Waals surface area contributed by atoms with Gasteiger partial charge < -0.3 is 9.47 Å². The fourth-order valence-corrected chi connectivity index (χ4v) is 4.12. The fraction of sp³-hybridized carbons (Fsp3) is 0.190. The molecule has 28 heavy (non-hydrogen) atoms. The van der Waals surface area contributed by atoms with Crippen molar-refractivity contribution in [1.29, 1.82) is 0 Å². The van der Waals surface area contributed by atoms with Gasteiger partial charge in [0.1, 0.15) is 16.4 Å². The van der Waals surface area contributed by atoms with E-state index >= 15 is 0 Å². The Morgan fingerprint density at radius 3 is 2.36 bits per heavy atom. The molecular formula is C21H22N2O4S. The monoisotopic (exact) mass is 398 g/mol. The first kappa shape index (κ1) is 19.9. The molecule has 0 aliphatic carbocycles. The first-order chi connectivity index (χ1) is 13.5. The van der Waals surface area contributed by atoms with E-state index in [0.717, 1.165) is 11.3 Å². The Kier molecular flexibility index (Phi) is 6.28. The third-order valence-electron chi connectivity index (χ3n) is 4.38. The summed E-state index contributed by atoms with van der Waals surface area (Å²) in [6, 6.07) is 19.9. The number of aromatic nitrogens is 1. The molecule has 0 aliphatic heterocycles. The number of hydrogen-bond acceptors (Lipinski definition) is 5. The average Bonchev–Trinajstić information content (AvgIpc) is 2.74. The van der Waals surface area contributed by atoms with Crippen LogP contribution in [0.25, 0.3) is 0 Å². The minimum atomic E-state index is -3.80. The van der Waals surface area contributed by atoms with Gasteiger partial charge in [-0.25, -0.2) is 13.1 Å². The third kappa shape index (κ3) is 4.49. The van der Waals surface area contributed by atoms with E-state index in [1.54, 1.807) is 18.3 Å². The summed E-state index contributed by atoms with van der Waals surface area (Å²) in [5.41, 5.74) is 1.77. The molecule has 1 atom stereocenters. The van der Waals surface area contributed by atoms with Crippen molar-refractivity contribution in [2.24, 2.45) is 0 Å². The number of pyridine rings is 1. The molecule has 1 heterocycles. The lowest BCUT2D eigenvalue weighted by molar-refractivity contribution is 0.386. The van der Waals surface area contributed by atoms with E-state index in [9.17, 15) is 8.42 Å². The maximum atomic E-state index is 12.9. The number of nitrogens with one attached hydrogen (secondary N) is 1. The average molecular weight is 398 g/mol. The number of benzene rings is 2. The molecule has 0 radical (unpaired) electrons. The summed E-state index contributed by atoms with van der Waals surface area (Å²) in [7, 11) is -0.860. The van der Waals surface area contributed by atoms with Gasteiger partial charge in [0, 0.05) is 30.4 Å². The first-order valence-corrected chi connectivity index (χ1v) is 10.2. The molecule has 0 aliphatic rings. The molecular weight excluding hydrogens is 376 g/mol. The van der Waals surface area contributed by atoms with Crippen LogP contribution in [0.1, 0.15) is 17.2 Å². The van der Waals surface area contributed by atoms with Crippen molar-refractivity contribution < 1.29 is 17.9 Å². The van der Waals surface area contributed by atoms with Crippen molar-refractivity contribution in [3.63, 3.8) is 0 Å². The van der Waals surface area contributed by atoms with Crippen molar-refractivity contribution in [2.45, 2.75) is 10.8 Å². The zero-order valence-electron chi connectivity index (χ0n) is 15.7. The van der Waals surface area contributed by atoms with Crippen molar-refractivity contribution in [2.75, 3.05) is 20.8 Å². The van der Waals surface area contributed by atoms with Crippen LogP contribution >= 0.6 is 0 Å². The fourth-order valence-electron chi connectivity index (χ4n) is 2.93. The molecule has 1 N–H and O–H groups in total. The van der Waals surface area contributed by atoms with Crippen LogP contribution in [0, 0.1) is 0 Å². The van der Waals surface area contributed by atoms with E-state index in [1.165, 1.54) is 20.3 Å². The summed E-state index contributed by atoms with van der Waals surface area (Å²) in [4.78, 5) is 4.47. The van der Waals surface area contributed by atoms with E-state index in [2.05, 4.69) is 9.71 Å². The Morgan fingerprint density at radius 1 is 0.964 bits per heavy atom. The zero-order valence-corrected chi connectivity index (χ0v) is 16.5. The second-order valence-electron chi connectivity index (χ2n) is 6.09. The molecule has 1 unspecified atom stereocenters. The van der Waals surface area contributed by atoms with Gasteiger partial charge in [0.25, 0.3) is 0 Å². The minimum absolute atomic E-state index is 0.0589. The van der Waals surface area contributed by atoms with E-state index in [1.807, 2.05) is 48.5 Å². The highest BCUT2D eigenvalue weighted by molar-refractivity contribution is 7.89. The molecule has 0 spiro atoms. The first-order valence-electron chi connectivity index (χ1n) is 8.72. The maximum Gasteiger partial charge on any atom is 0.244 e. The Bertz CT molecular complexity index is 970. The van der Waals surface area contributed by atoms with Crippen LogP contribution in [0.15, 0.2) is 77.8 Å². The zero-order chi connectivity index (χ0) is 20.0. The number of sulfonamides is 1. The van der Waals surface area contributed by atoms with Crippen LogP contribution in [0.3, 0.4) is 0 Å². The SMILES string of the molecule is COc1ccc(S(=O)(=O)NCC(c2ccccc2)c2ccccn2)c(OC)c1. The molecule has 0 saturated heterocycles. The van der Waals surface area contributed by atoms with Gasteiger partial charge in [0.15, 0.2) is 0 Å². The minimum Gasteiger partial charge on any atom is -0.497 e. The molecule has 3 rings (SSSR count). The molecule has 6 nitrogen and oxygen atoms in total. The van der Waals surface area contributed by atoms with Crippen LogP contribution in [-0.2, 0) is 10.0 Å². The molecule has 3 aromatic rings. The van der Waals surface area contributed by atoms with Gasteiger partial charge in [-0.15, -0.1) is 0 Å². The number of nitrogens with zero attached hydrogens (tertiary/aromatic N) is 1. The highest BCUT2D eigenvalue weighted by atomic mass is 32.2. The number of rotatable bonds is 8. The van der Waals surface area contributed by atoms with Gasteiger partial charge in [0.05, 0.1) is 14.2 Å². The van der Waals surface area contributed by atoms with Crippen LogP contribution in [0.2, 0.25) is 0 Å². The second kappa shape index (κ2) is 8.86. The number of hydrogen-bond donors (Lipinski definition) is 1. The standard InChI is InChI=1S/C21H22N2O4S/c1-26-17-11-12-21(20(14-17)27-2)28(24,25)23-15-18(16-8-4-3-5-9-16)19-10-6-7-13-22-19/h3-14,18,23H,15H2,1-2H3. The van der Waals surface area contributed by atoms with Crippen molar-refractivity contribution in [3.8, 4) is 11.5 Å². The third-order valence-corrected chi connectivity index (χ3v) is 5.85. The van der Waals surface area contributed by atoms with Crippen LogP contribution < -0.4 is 14.2 Å². The Labute approximate surface area is 165 Å². The van der Waals surface area contributed by atoms with Crippen molar-refractivity contribution in [1.82, 2.24) is 9.71 Å². The lowest BCUT2D eigenvalue weighted by Gasteiger charge is -2.18. The summed E-state index contributed by atoms with van der Waals surface area (Å²) in [6.45, 7) is 0.165. The Balaban J connectivity index is 1.89. The lowest BCUT2D eigenvalue weighted by atomic mass is 9.95. The van der Waals surface area contributed by atoms with Gasteiger partial charge >= 0.3 is 0 Å². The quantitative estimate of drug-likeness (QED) is 0.630. The van der Waals surface area contributed by atoms with Crippen LogP contribution in [0.4, 0.5) is 0 Å². The van der Waals surface area contributed by atoms with E-state index < -0.39 is 10.0 Å². The second-order valence-corrected chi connectivity index (χ2v) is 7.82. The molecule has 0 amide bonds. The number of methoxy groups -OCH3 is 2. The molecule has 0 saturated carbocycles. The predicted molar refractivity (Wildman–Crippen MR) is 107 cm³/mol. The smallest absolute Gasteiger partial charge is 0.244 e. The Hall–Kier alpha value is -2.90. The normalized spacial score (nSPS) is 12.4. The summed E-state index contributed by atoms with van der Waals surface area (Å²) >= 11 is 0. The lowest BCUT2D eigenvalue weighted by Crippen LogP contribution is -2.29. The van der Waals surface area contributed by atoms with E-state index in [-0.39, 0.29) is 23.1 Å². The molecule has 2 aromatic carbocycles. The van der Waals surface area contributed by atoms with Gasteiger partial charge in [0.2, 0.25) is 10.0 Å². The summed E-state index contributed by atoms with van der Waals surface area (Å²) in [6.07, 6.45) is 1.70. The van der Waals surface area contributed by atoms with E-state index in [0.29, 0.717) is 5.75 Å². The summed E-state index contributed by atoms with van der Waals surface area (Å²) < 4.78 is 38.9. The van der Waals surface area contributed by atoms with Crippen LogP contribution in [0.5, 0.6) is 11.5 Å².